The maximum atomic E-state index is 13.6. The molecule has 2 aromatic rings. The van der Waals surface area contributed by atoms with Crippen LogP contribution in [-0.4, -0.2) is 54.3 Å². The molecule has 0 unspecified atom stereocenters. The number of hydrogen-bond donors (Lipinski definition) is 3. The van der Waals surface area contributed by atoms with Gasteiger partial charge in [0.05, 0.1) is 11.3 Å². The van der Waals surface area contributed by atoms with Gasteiger partial charge in [-0.05, 0) is 30.2 Å². The molecule has 1 fully saturated rings. The number of amides is 2. The smallest absolute Gasteiger partial charge is 0.273 e. The second-order valence-corrected chi connectivity index (χ2v) is 12.0. The Morgan fingerprint density at radius 1 is 1.23 bits per heavy atom. The molecule has 35 heavy (non-hydrogen) atoms. The van der Waals surface area contributed by atoms with Gasteiger partial charge in [0.2, 0.25) is 21.9 Å². The minimum Gasteiger partial charge on any atom is -0.353 e. The average Bonchev–Trinajstić information content (AvgIpc) is 3.10. The number of nitrogens with zero attached hydrogens (tertiary/aromatic N) is 2. The predicted octanol–water partition coefficient (Wildman–Crippen LogP) is 2.41. The summed E-state index contributed by atoms with van der Waals surface area (Å²) < 4.78 is 51.1. The Bertz CT molecular complexity index is 1180. The summed E-state index contributed by atoms with van der Waals surface area (Å²) in [6, 6.07) is 6.18. The van der Waals surface area contributed by atoms with Gasteiger partial charge in [-0.3, -0.25) is 14.3 Å². The highest BCUT2D eigenvalue weighted by Gasteiger charge is 2.36. The standard InChI is InChI=1S/C23H33F2N5O4S/c1-22(2,3)19(21(32)27-12-13-35(26,33)34)28-20(31)18-16-6-4-5-7-17(16)30(29-18)14-15-8-10-23(24,25)11-9-15/h4-7,15,19H,8-14H2,1-3H3,(H,27,32)(H,28,31)(H2,26,33,34)/t19-/m1/s1. The van der Waals surface area contributed by atoms with Gasteiger partial charge in [-0.25, -0.2) is 22.3 Å². The van der Waals surface area contributed by atoms with E-state index >= 15 is 0 Å². The van der Waals surface area contributed by atoms with E-state index in [0.717, 1.165) is 0 Å². The van der Waals surface area contributed by atoms with Crippen molar-refractivity contribution in [3.8, 4) is 0 Å². The molecular formula is C23H33F2N5O4S. The highest BCUT2D eigenvalue weighted by molar-refractivity contribution is 7.89. The number of primary sulfonamides is 1. The molecule has 12 heteroatoms. The predicted molar refractivity (Wildman–Crippen MR) is 128 cm³/mol. The Balaban J connectivity index is 1.79. The van der Waals surface area contributed by atoms with Crippen LogP contribution >= 0.6 is 0 Å². The minimum atomic E-state index is -3.74. The number of carbonyl (C=O) groups excluding carboxylic acids is 2. The first-order valence-corrected chi connectivity index (χ1v) is 13.3. The van der Waals surface area contributed by atoms with E-state index < -0.39 is 45.0 Å². The maximum Gasteiger partial charge on any atom is 0.273 e. The van der Waals surface area contributed by atoms with E-state index in [1.807, 2.05) is 12.1 Å². The van der Waals surface area contributed by atoms with Gasteiger partial charge in [-0.15, -0.1) is 0 Å². The van der Waals surface area contributed by atoms with Gasteiger partial charge in [0.15, 0.2) is 5.69 Å². The number of fused-ring (bicyclic) bond motifs is 1. The third kappa shape index (κ3) is 7.20. The number of alkyl halides is 2. The van der Waals surface area contributed by atoms with Crippen molar-refractivity contribution in [1.82, 2.24) is 20.4 Å². The number of sulfonamides is 1. The third-order valence-corrected chi connectivity index (χ3v) is 7.00. The summed E-state index contributed by atoms with van der Waals surface area (Å²) in [5.74, 6) is -4.12. The summed E-state index contributed by atoms with van der Waals surface area (Å²) in [5, 5.41) is 15.3. The van der Waals surface area contributed by atoms with Crippen molar-refractivity contribution in [3.63, 3.8) is 0 Å². The zero-order chi connectivity index (χ0) is 26.0. The van der Waals surface area contributed by atoms with Crippen LogP contribution in [0.1, 0.15) is 56.9 Å². The third-order valence-electron chi connectivity index (χ3n) is 6.23. The van der Waals surface area contributed by atoms with Crippen LogP contribution in [-0.2, 0) is 21.4 Å². The van der Waals surface area contributed by atoms with Gasteiger partial charge < -0.3 is 10.6 Å². The van der Waals surface area contributed by atoms with E-state index in [2.05, 4.69) is 15.7 Å². The van der Waals surface area contributed by atoms with Crippen molar-refractivity contribution in [3.05, 3.63) is 30.0 Å². The number of nitrogens with two attached hydrogens (primary N) is 1. The molecule has 3 rings (SSSR count). The topological polar surface area (TPSA) is 136 Å². The normalized spacial score (nSPS) is 17.8. The quantitative estimate of drug-likeness (QED) is 0.498. The van der Waals surface area contributed by atoms with Gasteiger partial charge in [0.25, 0.3) is 5.91 Å². The molecule has 0 aliphatic heterocycles. The molecule has 1 aliphatic carbocycles. The molecule has 2 amide bonds. The summed E-state index contributed by atoms with van der Waals surface area (Å²) in [7, 11) is -3.74. The lowest BCUT2D eigenvalue weighted by atomic mass is 9.86. The van der Waals surface area contributed by atoms with Crippen molar-refractivity contribution >= 4 is 32.7 Å². The Labute approximate surface area is 203 Å². The summed E-state index contributed by atoms with van der Waals surface area (Å²) in [5.41, 5.74) is 0.153. The number of benzene rings is 1. The highest BCUT2D eigenvalue weighted by atomic mass is 32.2. The van der Waals surface area contributed by atoms with E-state index in [4.69, 9.17) is 5.14 Å². The molecule has 0 saturated heterocycles. The van der Waals surface area contributed by atoms with Crippen LogP contribution in [0.2, 0.25) is 0 Å². The number of rotatable bonds is 8. The van der Waals surface area contributed by atoms with E-state index in [-0.39, 0.29) is 31.0 Å². The number of halogens is 2. The van der Waals surface area contributed by atoms with Crippen molar-refractivity contribution < 1.29 is 26.8 Å². The van der Waals surface area contributed by atoms with Crippen LogP contribution in [0.3, 0.4) is 0 Å². The van der Waals surface area contributed by atoms with Gasteiger partial charge in [-0.1, -0.05) is 39.0 Å². The van der Waals surface area contributed by atoms with Gasteiger partial charge in [-0.2, -0.15) is 5.10 Å². The maximum absolute atomic E-state index is 13.6. The molecule has 9 nitrogen and oxygen atoms in total. The zero-order valence-corrected chi connectivity index (χ0v) is 21.0. The number of aromatic nitrogens is 2. The fourth-order valence-corrected chi connectivity index (χ4v) is 4.64. The summed E-state index contributed by atoms with van der Waals surface area (Å²) >= 11 is 0. The first-order chi connectivity index (χ1) is 16.2. The SMILES string of the molecule is CC(C)(C)[C@H](NC(=O)c1nn(CC2CCC(F)(F)CC2)c2ccccc12)C(=O)NCCS(N)(=O)=O. The van der Waals surface area contributed by atoms with Gasteiger partial charge in [0, 0.05) is 31.3 Å². The molecule has 1 atom stereocenters. The summed E-state index contributed by atoms with van der Waals surface area (Å²) in [4.78, 5) is 26.0. The van der Waals surface area contributed by atoms with E-state index in [9.17, 15) is 26.8 Å². The first-order valence-electron chi connectivity index (χ1n) is 11.6. The van der Waals surface area contributed by atoms with Crippen molar-refractivity contribution in [2.24, 2.45) is 16.5 Å². The molecule has 1 aromatic carbocycles. The van der Waals surface area contributed by atoms with Crippen LogP contribution < -0.4 is 15.8 Å². The number of para-hydroxylation sites is 1. The largest absolute Gasteiger partial charge is 0.353 e. The van der Waals surface area contributed by atoms with E-state index in [1.165, 1.54) is 0 Å². The summed E-state index contributed by atoms with van der Waals surface area (Å²) in [6.07, 6.45) is 0.455. The molecule has 0 radical (unpaired) electrons. The fourth-order valence-electron chi connectivity index (χ4n) is 4.25. The van der Waals surface area contributed by atoms with Crippen LogP contribution in [0.5, 0.6) is 0 Å². The number of carbonyl (C=O) groups is 2. The van der Waals surface area contributed by atoms with Gasteiger partial charge >= 0.3 is 0 Å². The Kier molecular flexibility index (Phi) is 7.85. The fraction of sp³-hybridized carbons (Fsp3) is 0.609. The van der Waals surface area contributed by atoms with Crippen LogP contribution in [0.25, 0.3) is 10.9 Å². The molecule has 4 N–H and O–H groups in total. The Morgan fingerprint density at radius 2 is 1.86 bits per heavy atom. The molecule has 0 spiro atoms. The van der Waals surface area contributed by atoms with Gasteiger partial charge in [0.1, 0.15) is 6.04 Å². The van der Waals surface area contributed by atoms with Crippen molar-refractivity contribution in [2.75, 3.05) is 12.3 Å². The van der Waals surface area contributed by atoms with Crippen LogP contribution in [0.15, 0.2) is 24.3 Å². The first kappa shape index (κ1) is 27.0. The van der Waals surface area contributed by atoms with Crippen molar-refractivity contribution in [1.29, 1.82) is 0 Å². The Morgan fingerprint density at radius 3 is 2.46 bits per heavy atom. The van der Waals surface area contributed by atoms with E-state index in [1.54, 1.807) is 37.6 Å². The molecule has 1 heterocycles. The Hall–Kier alpha value is -2.60. The minimum absolute atomic E-state index is 0.0285. The molecule has 1 saturated carbocycles. The van der Waals surface area contributed by atoms with Crippen LogP contribution in [0, 0.1) is 11.3 Å². The molecule has 0 bridgehead atoms. The van der Waals surface area contributed by atoms with Crippen LogP contribution in [0.4, 0.5) is 8.78 Å². The lowest BCUT2D eigenvalue weighted by Crippen LogP contribution is -2.54. The van der Waals surface area contributed by atoms with E-state index in [0.29, 0.717) is 30.3 Å². The highest BCUT2D eigenvalue weighted by Crippen LogP contribution is 2.37. The van der Waals surface area contributed by atoms with Crippen molar-refractivity contribution in [2.45, 2.75) is 65.0 Å². The number of hydrogen-bond acceptors (Lipinski definition) is 5. The monoisotopic (exact) mass is 513 g/mol. The number of nitrogens with one attached hydrogen (secondary N) is 2. The molecular weight excluding hydrogens is 480 g/mol. The molecule has 1 aromatic heterocycles. The average molecular weight is 514 g/mol. The second kappa shape index (κ2) is 10.2. The lowest BCUT2D eigenvalue weighted by molar-refractivity contribution is -0.125. The molecule has 194 valence electrons. The summed E-state index contributed by atoms with van der Waals surface area (Å²) in [6.45, 7) is 5.55. The second-order valence-electron chi connectivity index (χ2n) is 10.3. The molecule has 1 aliphatic rings. The zero-order valence-electron chi connectivity index (χ0n) is 20.2. The lowest BCUT2D eigenvalue weighted by Gasteiger charge is -2.30.